The summed E-state index contributed by atoms with van der Waals surface area (Å²) < 4.78 is 28.3. The van der Waals surface area contributed by atoms with Gasteiger partial charge in [-0.3, -0.25) is 19.9 Å². The SMILES string of the molecule is COc1cc(C(C)=O)c(C)cc1OCc1cccc(COc2cc(NC(=O)OCc3ccc(C)cc3)c(C(C)=O)cc2OC)n1. The first-order valence-electron chi connectivity index (χ1n) is 14.2. The summed E-state index contributed by atoms with van der Waals surface area (Å²) in [5.41, 5.74) is 5.00. The van der Waals surface area contributed by atoms with Gasteiger partial charge in [0.2, 0.25) is 0 Å². The van der Waals surface area contributed by atoms with Gasteiger partial charge in [-0.05, 0) is 69.2 Å². The van der Waals surface area contributed by atoms with E-state index in [2.05, 4.69) is 10.3 Å². The number of hydrogen-bond donors (Lipinski definition) is 1. The van der Waals surface area contributed by atoms with Gasteiger partial charge in [-0.2, -0.15) is 0 Å². The zero-order valence-electron chi connectivity index (χ0n) is 26.2. The average Bonchev–Trinajstić information content (AvgIpc) is 3.02. The average molecular weight is 613 g/mol. The van der Waals surface area contributed by atoms with Crippen LogP contribution in [0.25, 0.3) is 0 Å². The maximum absolute atomic E-state index is 12.6. The predicted molar refractivity (Wildman–Crippen MR) is 169 cm³/mol. The number of pyridine rings is 1. The lowest BCUT2D eigenvalue weighted by molar-refractivity contribution is 0.100. The number of hydrogen-bond acceptors (Lipinski definition) is 9. The highest BCUT2D eigenvalue weighted by Crippen LogP contribution is 2.35. The number of nitrogens with one attached hydrogen (secondary N) is 1. The summed E-state index contributed by atoms with van der Waals surface area (Å²) in [6, 6.07) is 19.5. The molecule has 0 radical (unpaired) electrons. The number of nitrogens with zero attached hydrogens (tertiary/aromatic N) is 1. The lowest BCUT2D eigenvalue weighted by Crippen LogP contribution is -2.16. The lowest BCUT2D eigenvalue weighted by atomic mass is 10.0. The first kappa shape index (κ1) is 32.5. The first-order valence-corrected chi connectivity index (χ1v) is 14.2. The maximum Gasteiger partial charge on any atom is 0.411 e. The Labute approximate surface area is 262 Å². The van der Waals surface area contributed by atoms with Crippen LogP contribution < -0.4 is 24.3 Å². The van der Waals surface area contributed by atoms with Crippen molar-refractivity contribution in [2.75, 3.05) is 19.5 Å². The zero-order valence-corrected chi connectivity index (χ0v) is 26.2. The quantitative estimate of drug-likeness (QED) is 0.159. The topological polar surface area (TPSA) is 122 Å². The highest BCUT2D eigenvalue weighted by atomic mass is 16.5. The molecule has 1 N–H and O–H groups in total. The third-order valence-electron chi connectivity index (χ3n) is 6.92. The Balaban J connectivity index is 1.45. The van der Waals surface area contributed by atoms with E-state index < -0.39 is 6.09 Å². The van der Waals surface area contributed by atoms with Gasteiger partial charge in [-0.25, -0.2) is 4.79 Å². The second-order valence-corrected chi connectivity index (χ2v) is 10.4. The van der Waals surface area contributed by atoms with Gasteiger partial charge in [0.1, 0.15) is 19.8 Å². The normalized spacial score (nSPS) is 10.5. The second-order valence-electron chi connectivity index (χ2n) is 10.4. The Bertz CT molecular complexity index is 1700. The Morgan fingerprint density at radius 2 is 1.24 bits per heavy atom. The van der Waals surface area contributed by atoms with Gasteiger partial charge in [-0.15, -0.1) is 0 Å². The number of ether oxygens (including phenoxy) is 5. The molecular formula is C35H36N2O8. The summed E-state index contributed by atoms with van der Waals surface area (Å²) in [4.78, 5) is 41.5. The minimum Gasteiger partial charge on any atom is -0.493 e. The smallest absolute Gasteiger partial charge is 0.411 e. The van der Waals surface area contributed by atoms with E-state index >= 15 is 0 Å². The number of aromatic nitrogens is 1. The van der Waals surface area contributed by atoms with Gasteiger partial charge in [0.15, 0.2) is 34.6 Å². The lowest BCUT2D eigenvalue weighted by Gasteiger charge is -2.16. The van der Waals surface area contributed by atoms with Crippen molar-refractivity contribution >= 4 is 23.3 Å². The monoisotopic (exact) mass is 612 g/mol. The van der Waals surface area contributed by atoms with E-state index in [9.17, 15) is 14.4 Å². The number of anilines is 1. The van der Waals surface area contributed by atoms with Crippen LogP contribution in [0.3, 0.4) is 0 Å². The fourth-order valence-electron chi connectivity index (χ4n) is 4.51. The van der Waals surface area contributed by atoms with E-state index in [1.807, 2.05) is 50.2 Å². The fourth-order valence-corrected chi connectivity index (χ4v) is 4.51. The highest BCUT2D eigenvalue weighted by Gasteiger charge is 2.18. The van der Waals surface area contributed by atoms with Crippen LogP contribution in [0, 0.1) is 13.8 Å². The molecule has 45 heavy (non-hydrogen) atoms. The number of rotatable bonds is 13. The molecule has 0 saturated heterocycles. The molecular weight excluding hydrogens is 576 g/mol. The minimum absolute atomic E-state index is 0.0553. The van der Waals surface area contributed by atoms with E-state index in [1.54, 1.807) is 18.2 Å². The fraction of sp³-hybridized carbons (Fsp3) is 0.257. The van der Waals surface area contributed by atoms with Crippen molar-refractivity contribution in [3.8, 4) is 23.0 Å². The molecule has 0 spiro atoms. The van der Waals surface area contributed by atoms with Crippen LogP contribution in [0.4, 0.5) is 10.5 Å². The van der Waals surface area contributed by atoms with Gasteiger partial charge in [0.05, 0.1) is 31.3 Å². The molecule has 3 aromatic carbocycles. The van der Waals surface area contributed by atoms with Crippen molar-refractivity contribution in [3.63, 3.8) is 0 Å². The van der Waals surface area contributed by atoms with Gasteiger partial charge < -0.3 is 23.7 Å². The Morgan fingerprint density at radius 1 is 0.689 bits per heavy atom. The van der Waals surface area contributed by atoms with Crippen LogP contribution in [0.15, 0.2) is 66.7 Å². The third kappa shape index (κ3) is 8.60. The number of benzene rings is 3. The second kappa shape index (κ2) is 14.9. The molecule has 0 bridgehead atoms. The van der Waals surface area contributed by atoms with E-state index in [4.69, 9.17) is 23.7 Å². The largest absolute Gasteiger partial charge is 0.493 e. The Hall–Kier alpha value is -5.38. The zero-order chi connectivity index (χ0) is 32.5. The maximum atomic E-state index is 12.6. The summed E-state index contributed by atoms with van der Waals surface area (Å²) in [7, 11) is 2.98. The van der Waals surface area contributed by atoms with Crippen LogP contribution in [-0.2, 0) is 24.6 Å². The van der Waals surface area contributed by atoms with Gasteiger partial charge in [0.25, 0.3) is 0 Å². The summed E-state index contributed by atoms with van der Waals surface area (Å²) in [5.74, 6) is 1.23. The van der Waals surface area contributed by atoms with Crippen molar-refractivity contribution in [1.82, 2.24) is 4.98 Å². The number of carbonyl (C=O) groups excluding carboxylic acids is 3. The molecule has 0 aliphatic rings. The van der Waals surface area contributed by atoms with Crippen molar-refractivity contribution in [3.05, 3.63) is 106 Å². The van der Waals surface area contributed by atoms with Crippen LogP contribution in [-0.4, -0.2) is 36.9 Å². The molecule has 0 unspecified atom stereocenters. The molecule has 0 aliphatic heterocycles. The first-order chi connectivity index (χ1) is 21.6. The Kier molecular flexibility index (Phi) is 10.8. The summed E-state index contributed by atoms with van der Waals surface area (Å²) in [5, 5.41) is 2.65. The van der Waals surface area contributed by atoms with Crippen LogP contribution in [0.1, 0.15) is 62.6 Å². The molecule has 1 aromatic heterocycles. The summed E-state index contributed by atoms with van der Waals surface area (Å²) in [6.45, 7) is 7.00. The molecule has 10 nitrogen and oxygen atoms in total. The molecule has 0 saturated carbocycles. The number of carbonyl (C=O) groups is 3. The number of ketones is 2. The van der Waals surface area contributed by atoms with Crippen LogP contribution in [0.5, 0.6) is 23.0 Å². The van der Waals surface area contributed by atoms with E-state index in [-0.39, 0.29) is 42.6 Å². The number of Topliss-reactive ketones (excluding diaryl/α,β-unsaturated/α-hetero) is 2. The van der Waals surface area contributed by atoms with E-state index in [0.717, 1.165) is 16.7 Å². The molecule has 4 aromatic rings. The van der Waals surface area contributed by atoms with E-state index in [1.165, 1.54) is 40.2 Å². The predicted octanol–water partition coefficient (Wildman–Crippen LogP) is 7.03. The minimum atomic E-state index is -0.716. The van der Waals surface area contributed by atoms with Crippen molar-refractivity contribution < 1.29 is 38.1 Å². The number of methoxy groups -OCH3 is 2. The van der Waals surface area contributed by atoms with Gasteiger partial charge in [-0.1, -0.05) is 35.9 Å². The van der Waals surface area contributed by atoms with Crippen molar-refractivity contribution in [2.45, 2.75) is 47.5 Å². The molecule has 1 amide bonds. The molecule has 4 rings (SSSR count). The van der Waals surface area contributed by atoms with Gasteiger partial charge in [0, 0.05) is 17.2 Å². The molecule has 1 heterocycles. The highest BCUT2D eigenvalue weighted by molar-refractivity contribution is 6.03. The molecule has 0 aliphatic carbocycles. The standard InChI is InChI=1S/C35H36N2O8/c1-21-10-12-25(13-11-21)18-45-35(40)37-30-17-34(32(42-6)16-29(30)24(4)39)44-20-27-9-7-8-26(36-27)19-43-33-14-22(2)28(23(3)38)15-31(33)41-5/h7-17H,18-20H2,1-6H3,(H,37,40). The van der Waals surface area contributed by atoms with Crippen LogP contribution in [0.2, 0.25) is 0 Å². The van der Waals surface area contributed by atoms with E-state index in [0.29, 0.717) is 39.9 Å². The van der Waals surface area contributed by atoms with Crippen molar-refractivity contribution in [2.24, 2.45) is 0 Å². The van der Waals surface area contributed by atoms with Crippen molar-refractivity contribution in [1.29, 1.82) is 0 Å². The van der Waals surface area contributed by atoms with Gasteiger partial charge >= 0.3 is 6.09 Å². The summed E-state index contributed by atoms with van der Waals surface area (Å²) in [6.07, 6.45) is -0.716. The number of aryl methyl sites for hydroxylation is 2. The molecule has 234 valence electrons. The molecule has 10 heteroatoms. The van der Waals surface area contributed by atoms with Crippen LogP contribution >= 0.6 is 0 Å². The molecule has 0 atom stereocenters. The third-order valence-corrected chi connectivity index (χ3v) is 6.92. The number of amides is 1. The Morgan fingerprint density at radius 3 is 1.80 bits per heavy atom. The summed E-state index contributed by atoms with van der Waals surface area (Å²) >= 11 is 0. The molecule has 0 fully saturated rings.